The van der Waals surface area contributed by atoms with Crippen LogP contribution in [0.25, 0.3) is 0 Å². The van der Waals surface area contributed by atoms with Crippen LogP contribution in [0.4, 0.5) is 0 Å². The van der Waals surface area contributed by atoms with Gasteiger partial charge in [0.25, 0.3) is 5.91 Å². The van der Waals surface area contributed by atoms with Crippen molar-refractivity contribution in [3.05, 3.63) is 17.7 Å². The minimum Gasteiger partial charge on any atom is -0.493 e. The van der Waals surface area contributed by atoms with Crippen molar-refractivity contribution >= 4 is 11.9 Å². The van der Waals surface area contributed by atoms with E-state index in [9.17, 15) is 9.59 Å². The van der Waals surface area contributed by atoms with Gasteiger partial charge in [-0.15, -0.1) is 0 Å². The van der Waals surface area contributed by atoms with Gasteiger partial charge in [0.1, 0.15) is 13.2 Å². The number of amides is 1. The quantitative estimate of drug-likeness (QED) is 0.716. The Morgan fingerprint density at radius 1 is 1.36 bits per heavy atom. The molecule has 0 radical (unpaired) electrons. The van der Waals surface area contributed by atoms with E-state index in [2.05, 4.69) is 0 Å². The zero-order valence-electron chi connectivity index (χ0n) is 14.4. The fourth-order valence-corrected chi connectivity index (χ4v) is 2.31. The SMILES string of the molecule is COc1cc(C(=O)O[C@H](C)C(=O)N(C)CCC#N)cc2c1OCCO2. The number of hydrogen-bond donors (Lipinski definition) is 0. The first-order valence-electron chi connectivity index (χ1n) is 7.78. The number of carbonyl (C=O) groups excluding carboxylic acids is 2. The highest BCUT2D eigenvalue weighted by atomic mass is 16.6. The predicted octanol–water partition coefficient (Wildman–Crippen LogP) is 1.38. The number of ether oxygens (including phenoxy) is 4. The van der Waals surface area contributed by atoms with Crippen molar-refractivity contribution in [2.75, 3.05) is 33.9 Å². The lowest BCUT2D eigenvalue weighted by atomic mass is 10.1. The maximum Gasteiger partial charge on any atom is 0.339 e. The third kappa shape index (κ3) is 4.32. The molecular formula is C17H20N2O6. The molecule has 0 unspecified atom stereocenters. The molecule has 0 fully saturated rings. The second kappa shape index (κ2) is 8.24. The van der Waals surface area contributed by atoms with Gasteiger partial charge in [-0.25, -0.2) is 4.79 Å². The Morgan fingerprint density at radius 3 is 2.76 bits per heavy atom. The molecule has 0 aliphatic carbocycles. The fraction of sp³-hybridized carbons (Fsp3) is 0.471. The van der Waals surface area contributed by atoms with Gasteiger partial charge in [-0.2, -0.15) is 5.26 Å². The third-order valence-corrected chi connectivity index (χ3v) is 3.63. The smallest absolute Gasteiger partial charge is 0.339 e. The van der Waals surface area contributed by atoms with Crippen LogP contribution in [0.1, 0.15) is 23.7 Å². The van der Waals surface area contributed by atoms with Gasteiger partial charge >= 0.3 is 5.97 Å². The lowest BCUT2D eigenvalue weighted by molar-refractivity contribution is -0.138. The maximum atomic E-state index is 12.4. The predicted molar refractivity (Wildman–Crippen MR) is 86.7 cm³/mol. The number of methoxy groups -OCH3 is 1. The minimum atomic E-state index is -0.976. The van der Waals surface area contributed by atoms with Crippen molar-refractivity contribution in [3.63, 3.8) is 0 Å². The average Bonchev–Trinajstić information content (AvgIpc) is 2.64. The summed E-state index contributed by atoms with van der Waals surface area (Å²) in [7, 11) is 3.01. The Morgan fingerprint density at radius 2 is 2.08 bits per heavy atom. The van der Waals surface area contributed by atoms with E-state index >= 15 is 0 Å². The molecule has 1 atom stereocenters. The largest absolute Gasteiger partial charge is 0.493 e. The van der Waals surface area contributed by atoms with Crippen molar-refractivity contribution in [2.45, 2.75) is 19.4 Å². The van der Waals surface area contributed by atoms with Crippen LogP contribution >= 0.6 is 0 Å². The summed E-state index contributed by atoms with van der Waals surface area (Å²) < 4.78 is 21.4. The summed E-state index contributed by atoms with van der Waals surface area (Å²) in [6, 6.07) is 4.93. The first-order chi connectivity index (χ1) is 12.0. The van der Waals surface area contributed by atoms with Gasteiger partial charge in [0.15, 0.2) is 17.6 Å². The summed E-state index contributed by atoms with van der Waals surface area (Å²) in [5.74, 6) is 0.125. The summed E-state index contributed by atoms with van der Waals surface area (Å²) in [5.41, 5.74) is 0.195. The van der Waals surface area contributed by atoms with Crippen LogP contribution in [0.5, 0.6) is 17.2 Å². The van der Waals surface area contributed by atoms with Crippen LogP contribution in [-0.4, -0.2) is 56.8 Å². The Balaban J connectivity index is 2.10. The topological polar surface area (TPSA) is 98.1 Å². The number of benzene rings is 1. The van der Waals surface area contributed by atoms with E-state index in [1.54, 1.807) is 7.05 Å². The molecule has 0 spiro atoms. The summed E-state index contributed by atoms with van der Waals surface area (Å²) in [6.45, 7) is 2.52. The van der Waals surface area contributed by atoms with Crippen molar-refractivity contribution in [1.29, 1.82) is 5.26 Å². The highest BCUT2D eigenvalue weighted by Crippen LogP contribution is 2.40. The van der Waals surface area contributed by atoms with Gasteiger partial charge in [0, 0.05) is 13.6 Å². The van der Waals surface area contributed by atoms with Crippen LogP contribution < -0.4 is 14.2 Å². The van der Waals surface area contributed by atoms with Crippen LogP contribution in [0.2, 0.25) is 0 Å². The highest BCUT2D eigenvalue weighted by molar-refractivity contribution is 5.93. The zero-order valence-corrected chi connectivity index (χ0v) is 14.4. The number of likely N-dealkylation sites (N-methyl/N-ethyl adjacent to an activating group) is 1. The number of nitriles is 1. The van der Waals surface area contributed by atoms with Crippen molar-refractivity contribution in [3.8, 4) is 23.3 Å². The molecule has 2 rings (SSSR count). The lowest BCUT2D eigenvalue weighted by Crippen LogP contribution is -2.37. The van der Waals surface area contributed by atoms with Gasteiger partial charge in [-0.1, -0.05) is 0 Å². The second-order valence-electron chi connectivity index (χ2n) is 5.42. The lowest BCUT2D eigenvalue weighted by Gasteiger charge is -2.22. The van der Waals surface area contributed by atoms with E-state index in [1.165, 1.54) is 31.1 Å². The Bertz CT molecular complexity index is 680. The molecule has 134 valence electrons. The first-order valence-corrected chi connectivity index (χ1v) is 7.78. The maximum absolute atomic E-state index is 12.4. The monoisotopic (exact) mass is 348 g/mol. The first kappa shape index (κ1) is 18.4. The number of hydrogen-bond acceptors (Lipinski definition) is 7. The van der Waals surface area contributed by atoms with E-state index in [1.807, 2.05) is 6.07 Å². The fourth-order valence-electron chi connectivity index (χ4n) is 2.31. The molecule has 0 N–H and O–H groups in total. The molecule has 0 bridgehead atoms. The van der Waals surface area contributed by atoms with Crippen molar-refractivity contribution in [1.82, 2.24) is 4.90 Å². The average molecular weight is 348 g/mol. The van der Waals surface area contributed by atoms with Gasteiger partial charge < -0.3 is 23.8 Å². The molecule has 25 heavy (non-hydrogen) atoms. The molecule has 1 aromatic carbocycles. The Kier molecular flexibility index (Phi) is 6.06. The normalized spacial score (nSPS) is 13.4. The van der Waals surface area contributed by atoms with Gasteiger partial charge in [0.05, 0.1) is 25.2 Å². The second-order valence-corrected chi connectivity index (χ2v) is 5.42. The molecule has 1 amide bonds. The molecule has 1 aromatic rings. The molecule has 8 nitrogen and oxygen atoms in total. The summed E-state index contributed by atoms with van der Waals surface area (Å²) in [6.07, 6.45) is -0.766. The molecule has 1 heterocycles. The summed E-state index contributed by atoms with van der Waals surface area (Å²) in [5, 5.41) is 8.57. The van der Waals surface area contributed by atoms with E-state index < -0.39 is 12.1 Å². The van der Waals surface area contributed by atoms with E-state index in [4.69, 9.17) is 24.2 Å². The Labute approximate surface area is 145 Å². The minimum absolute atomic E-state index is 0.195. The molecule has 1 aliphatic rings. The number of esters is 1. The summed E-state index contributed by atoms with van der Waals surface area (Å²) in [4.78, 5) is 25.8. The van der Waals surface area contributed by atoms with Crippen molar-refractivity contribution < 1.29 is 28.5 Å². The van der Waals surface area contributed by atoms with E-state index in [0.717, 1.165) is 0 Å². The number of nitrogens with zero attached hydrogens (tertiary/aromatic N) is 2. The van der Waals surface area contributed by atoms with E-state index in [0.29, 0.717) is 30.5 Å². The Hall–Kier alpha value is -2.95. The number of rotatable bonds is 6. The third-order valence-electron chi connectivity index (χ3n) is 3.63. The van der Waals surface area contributed by atoms with Gasteiger partial charge in [-0.05, 0) is 19.1 Å². The van der Waals surface area contributed by atoms with Crippen LogP contribution in [0, 0.1) is 11.3 Å². The molecular weight excluding hydrogens is 328 g/mol. The van der Waals surface area contributed by atoms with Gasteiger partial charge in [0.2, 0.25) is 5.75 Å². The standard InChI is InChI=1S/C17H20N2O6/c1-11(16(20)19(2)6-4-5-18)25-17(21)12-9-13(22-3)15-14(10-12)23-7-8-24-15/h9-11H,4,6-8H2,1-3H3/t11-/m1/s1. The van der Waals surface area contributed by atoms with Crippen LogP contribution in [0.15, 0.2) is 12.1 Å². The molecule has 1 aliphatic heterocycles. The van der Waals surface area contributed by atoms with Gasteiger partial charge in [-0.3, -0.25) is 4.79 Å². The molecule has 8 heteroatoms. The zero-order chi connectivity index (χ0) is 18.4. The van der Waals surface area contributed by atoms with E-state index in [-0.39, 0.29) is 24.4 Å². The summed E-state index contributed by atoms with van der Waals surface area (Å²) >= 11 is 0. The highest BCUT2D eigenvalue weighted by Gasteiger charge is 2.25. The van der Waals surface area contributed by atoms with Crippen LogP contribution in [0.3, 0.4) is 0 Å². The molecule has 0 saturated heterocycles. The van der Waals surface area contributed by atoms with Crippen LogP contribution in [-0.2, 0) is 9.53 Å². The molecule has 0 saturated carbocycles. The number of carbonyl (C=O) groups is 2. The molecule has 0 aromatic heterocycles. The van der Waals surface area contributed by atoms with Crippen molar-refractivity contribution in [2.24, 2.45) is 0 Å². The number of fused-ring (bicyclic) bond motifs is 1.